The molecule has 126 valence electrons. The Morgan fingerprint density at radius 3 is 2.29 bits per heavy atom. The van der Waals surface area contributed by atoms with Crippen molar-refractivity contribution in [2.24, 2.45) is 0 Å². The average molecular weight is 328 g/mol. The molecule has 1 amide bonds. The minimum absolute atomic E-state index is 0.0546. The van der Waals surface area contributed by atoms with Gasteiger partial charge in [0.05, 0.1) is 18.0 Å². The van der Waals surface area contributed by atoms with E-state index in [0.29, 0.717) is 26.0 Å². The summed E-state index contributed by atoms with van der Waals surface area (Å²) in [5.74, 6) is 0.737. The molecule has 0 saturated heterocycles. The van der Waals surface area contributed by atoms with Crippen LogP contribution in [-0.2, 0) is 17.6 Å². The third-order valence-electron chi connectivity index (χ3n) is 3.48. The predicted octanol–water partition coefficient (Wildman–Crippen LogP) is 2.89. The highest BCUT2D eigenvalue weighted by atomic mass is 16.6. The molecular formula is C18H20N2O4. The molecule has 0 aliphatic carbocycles. The van der Waals surface area contributed by atoms with Crippen molar-refractivity contribution in [3.8, 4) is 5.75 Å². The maximum Gasteiger partial charge on any atom is 0.269 e. The van der Waals surface area contributed by atoms with Crippen LogP contribution in [0.5, 0.6) is 5.75 Å². The molecule has 0 spiro atoms. The largest absolute Gasteiger partial charge is 0.494 e. The first-order valence-corrected chi connectivity index (χ1v) is 7.80. The van der Waals surface area contributed by atoms with E-state index in [1.54, 1.807) is 12.1 Å². The molecule has 0 fully saturated rings. The smallest absolute Gasteiger partial charge is 0.269 e. The van der Waals surface area contributed by atoms with E-state index in [1.807, 2.05) is 31.2 Å². The monoisotopic (exact) mass is 328 g/mol. The van der Waals surface area contributed by atoms with Crippen molar-refractivity contribution in [2.75, 3.05) is 13.2 Å². The van der Waals surface area contributed by atoms with Crippen LogP contribution in [0.1, 0.15) is 18.1 Å². The molecule has 0 aliphatic rings. The third kappa shape index (κ3) is 5.39. The SMILES string of the molecule is CCOc1ccc(CC(=O)NCCc2ccc([N+](=O)[O-])cc2)cc1. The van der Waals surface area contributed by atoms with Crippen molar-refractivity contribution < 1.29 is 14.5 Å². The molecule has 6 nitrogen and oxygen atoms in total. The number of hydrogen-bond donors (Lipinski definition) is 1. The van der Waals surface area contributed by atoms with Crippen molar-refractivity contribution in [2.45, 2.75) is 19.8 Å². The van der Waals surface area contributed by atoms with Gasteiger partial charge in [0.25, 0.3) is 5.69 Å². The molecule has 24 heavy (non-hydrogen) atoms. The zero-order valence-electron chi connectivity index (χ0n) is 13.5. The summed E-state index contributed by atoms with van der Waals surface area (Å²) < 4.78 is 5.36. The molecule has 0 radical (unpaired) electrons. The van der Waals surface area contributed by atoms with Crippen LogP contribution in [0.15, 0.2) is 48.5 Å². The number of ether oxygens (including phenoxy) is 1. The summed E-state index contributed by atoms with van der Waals surface area (Å²) in [5, 5.41) is 13.4. The molecule has 2 aromatic rings. The predicted molar refractivity (Wildman–Crippen MR) is 91.1 cm³/mol. The molecule has 0 aromatic heterocycles. The van der Waals surface area contributed by atoms with Gasteiger partial charge in [-0.3, -0.25) is 14.9 Å². The van der Waals surface area contributed by atoms with Gasteiger partial charge in [-0.25, -0.2) is 0 Å². The van der Waals surface area contributed by atoms with Gasteiger partial charge in [-0.15, -0.1) is 0 Å². The second-order valence-electron chi connectivity index (χ2n) is 5.28. The number of hydrogen-bond acceptors (Lipinski definition) is 4. The Bertz CT molecular complexity index is 681. The molecular weight excluding hydrogens is 308 g/mol. The van der Waals surface area contributed by atoms with Crippen molar-refractivity contribution in [3.05, 3.63) is 69.8 Å². The maximum absolute atomic E-state index is 11.9. The van der Waals surface area contributed by atoms with Crippen LogP contribution in [-0.4, -0.2) is 24.0 Å². The zero-order valence-corrected chi connectivity index (χ0v) is 13.5. The van der Waals surface area contributed by atoms with Gasteiger partial charge in [0.2, 0.25) is 5.91 Å². The van der Waals surface area contributed by atoms with E-state index in [9.17, 15) is 14.9 Å². The van der Waals surface area contributed by atoms with Gasteiger partial charge in [-0.1, -0.05) is 24.3 Å². The molecule has 0 unspecified atom stereocenters. The number of amides is 1. The Labute approximate surface area is 140 Å². The van der Waals surface area contributed by atoms with Crippen LogP contribution in [0.4, 0.5) is 5.69 Å². The van der Waals surface area contributed by atoms with Crippen LogP contribution >= 0.6 is 0 Å². The summed E-state index contributed by atoms with van der Waals surface area (Å²) in [7, 11) is 0. The van der Waals surface area contributed by atoms with Crippen LogP contribution in [0, 0.1) is 10.1 Å². The van der Waals surface area contributed by atoms with Gasteiger partial charge in [0, 0.05) is 18.7 Å². The number of nitro benzene ring substituents is 1. The first-order chi connectivity index (χ1) is 11.6. The van der Waals surface area contributed by atoms with E-state index < -0.39 is 4.92 Å². The molecule has 6 heteroatoms. The van der Waals surface area contributed by atoms with Crippen molar-refractivity contribution in [1.82, 2.24) is 5.32 Å². The summed E-state index contributed by atoms with van der Waals surface area (Å²) in [4.78, 5) is 22.1. The minimum Gasteiger partial charge on any atom is -0.494 e. The lowest BCUT2D eigenvalue weighted by Crippen LogP contribution is -2.27. The first-order valence-electron chi connectivity index (χ1n) is 7.80. The number of non-ortho nitro benzene ring substituents is 1. The highest BCUT2D eigenvalue weighted by molar-refractivity contribution is 5.78. The average Bonchev–Trinajstić information content (AvgIpc) is 2.57. The first kappa shape index (κ1) is 17.5. The molecule has 2 rings (SSSR count). The molecule has 0 bridgehead atoms. The van der Waals surface area contributed by atoms with Gasteiger partial charge in [-0.05, 0) is 36.6 Å². The summed E-state index contributed by atoms with van der Waals surface area (Å²) in [6.07, 6.45) is 0.944. The van der Waals surface area contributed by atoms with E-state index in [4.69, 9.17) is 4.74 Å². The molecule has 0 aliphatic heterocycles. The Hall–Kier alpha value is -2.89. The lowest BCUT2D eigenvalue weighted by molar-refractivity contribution is -0.384. The lowest BCUT2D eigenvalue weighted by atomic mass is 10.1. The highest BCUT2D eigenvalue weighted by Gasteiger charge is 2.06. The quantitative estimate of drug-likeness (QED) is 0.597. The number of nitrogens with zero attached hydrogens (tertiary/aromatic N) is 1. The second-order valence-corrected chi connectivity index (χ2v) is 5.28. The maximum atomic E-state index is 11.9. The van der Waals surface area contributed by atoms with Crippen LogP contribution in [0.25, 0.3) is 0 Å². The minimum atomic E-state index is -0.428. The van der Waals surface area contributed by atoms with Gasteiger partial charge >= 0.3 is 0 Å². The second kappa shape index (κ2) is 8.67. The molecule has 0 atom stereocenters. The third-order valence-corrected chi connectivity index (χ3v) is 3.48. The van der Waals surface area contributed by atoms with E-state index >= 15 is 0 Å². The standard InChI is InChI=1S/C18H20N2O4/c1-2-24-17-9-5-15(6-10-17)13-18(21)19-12-11-14-3-7-16(8-4-14)20(22)23/h3-10H,2,11-13H2,1H3,(H,19,21). The van der Waals surface area contributed by atoms with E-state index in [-0.39, 0.29) is 11.6 Å². The Morgan fingerprint density at radius 1 is 1.08 bits per heavy atom. The number of nitrogens with one attached hydrogen (secondary N) is 1. The van der Waals surface area contributed by atoms with Gasteiger partial charge in [0.1, 0.15) is 5.75 Å². The van der Waals surface area contributed by atoms with Crippen molar-refractivity contribution in [1.29, 1.82) is 0 Å². The van der Waals surface area contributed by atoms with E-state index in [0.717, 1.165) is 16.9 Å². The number of benzene rings is 2. The van der Waals surface area contributed by atoms with Gasteiger partial charge in [0.15, 0.2) is 0 Å². The molecule has 0 heterocycles. The Kier molecular flexibility index (Phi) is 6.31. The highest BCUT2D eigenvalue weighted by Crippen LogP contribution is 2.13. The Morgan fingerprint density at radius 2 is 1.71 bits per heavy atom. The normalized spacial score (nSPS) is 10.2. The van der Waals surface area contributed by atoms with Crippen molar-refractivity contribution >= 4 is 11.6 Å². The molecule has 2 aromatic carbocycles. The molecule has 1 N–H and O–H groups in total. The van der Waals surface area contributed by atoms with Crippen molar-refractivity contribution in [3.63, 3.8) is 0 Å². The van der Waals surface area contributed by atoms with Crippen LogP contribution < -0.4 is 10.1 Å². The number of nitro groups is 1. The summed E-state index contributed by atoms with van der Waals surface area (Å²) in [6.45, 7) is 3.03. The Balaban J connectivity index is 1.75. The fourth-order valence-corrected chi connectivity index (χ4v) is 2.25. The topological polar surface area (TPSA) is 81.5 Å². The molecule has 0 saturated carbocycles. The summed E-state index contributed by atoms with van der Waals surface area (Å²) in [5.41, 5.74) is 1.94. The number of carbonyl (C=O) groups excluding carboxylic acids is 1. The van der Waals surface area contributed by atoms with Gasteiger partial charge in [-0.2, -0.15) is 0 Å². The lowest BCUT2D eigenvalue weighted by Gasteiger charge is -2.07. The van der Waals surface area contributed by atoms with Gasteiger partial charge < -0.3 is 10.1 Å². The van der Waals surface area contributed by atoms with E-state index in [2.05, 4.69) is 5.32 Å². The number of carbonyl (C=O) groups is 1. The summed E-state index contributed by atoms with van der Waals surface area (Å²) >= 11 is 0. The fraction of sp³-hybridized carbons (Fsp3) is 0.278. The number of rotatable bonds is 8. The van der Waals surface area contributed by atoms with Crippen LogP contribution in [0.2, 0.25) is 0 Å². The summed E-state index contributed by atoms with van der Waals surface area (Å²) in [6, 6.07) is 13.8. The fourth-order valence-electron chi connectivity index (χ4n) is 2.25. The van der Waals surface area contributed by atoms with Crippen LogP contribution in [0.3, 0.4) is 0 Å². The van der Waals surface area contributed by atoms with E-state index in [1.165, 1.54) is 12.1 Å². The zero-order chi connectivity index (χ0) is 17.4.